The van der Waals surface area contributed by atoms with Gasteiger partial charge in [-0.05, 0) is 19.9 Å². The van der Waals surface area contributed by atoms with Crippen LogP contribution < -0.4 is 0 Å². The molecule has 0 amide bonds. The van der Waals surface area contributed by atoms with E-state index in [-0.39, 0.29) is 17.3 Å². The first-order chi connectivity index (χ1) is 9.02. The average Bonchev–Trinajstić information content (AvgIpc) is 2.84. The zero-order chi connectivity index (χ0) is 14.0. The van der Waals surface area contributed by atoms with Gasteiger partial charge in [0.1, 0.15) is 12.0 Å². The van der Waals surface area contributed by atoms with E-state index in [1.807, 2.05) is 13.8 Å². The van der Waals surface area contributed by atoms with Gasteiger partial charge in [0.2, 0.25) is 0 Å². The molecule has 0 fully saturated rings. The minimum absolute atomic E-state index is 0.000466. The van der Waals surface area contributed by atoms with Gasteiger partial charge in [-0.1, -0.05) is 18.2 Å². The molecule has 0 spiro atoms. The lowest BCUT2D eigenvalue weighted by Gasteiger charge is -2.03. The summed E-state index contributed by atoms with van der Waals surface area (Å²) in [4.78, 5) is 10.7. The van der Waals surface area contributed by atoms with Gasteiger partial charge in [-0.2, -0.15) is 5.10 Å². The van der Waals surface area contributed by atoms with Crippen molar-refractivity contribution in [2.75, 3.05) is 0 Å². The smallest absolute Gasteiger partial charge is 0.267 e. The number of aldehydes is 1. The van der Waals surface area contributed by atoms with E-state index in [1.165, 1.54) is 10.9 Å². The second-order valence-electron chi connectivity index (χ2n) is 4.55. The number of halogens is 2. The molecule has 0 N–H and O–H groups in total. The largest absolute Gasteiger partial charge is 0.298 e. The lowest BCUT2D eigenvalue weighted by Crippen LogP contribution is -2.00. The van der Waals surface area contributed by atoms with Crippen molar-refractivity contribution < 1.29 is 13.6 Å². The van der Waals surface area contributed by atoms with Crippen molar-refractivity contribution in [2.24, 2.45) is 0 Å². The zero-order valence-corrected chi connectivity index (χ0v) is 10.7. The van der Waals surface area contributed by atoms with Crippen LogP contribution in [-0.2, 0) is 0 Å². The number of rotatable bonds is 4. The van der Waals surface area contributed by atoms with Crippen molar-refractivity contribution in [3.63, 3.8) is 0 Å². The highest BCUT2D eigenvalue weighted by molar-refractivity contribution is 5.78. The molecule has 5 heteroatoms. The Morgan fingerprint density at radius 2 is 2.05 bits per heavy atom. The van der Waals surface area contributed by atoms with Gasteiger partial charge in [-0.25, -0.2) is 8.78 Å². The van der Waals surface area contributed by atoms with E-state index < -0.39 is 6.43 Å². The second-order valence-corrected chi connectivity index (χ2v) is 4.55. The van der Waals surface area contributed by atoms with Gasteiger partial charge >= 0.3 is 0 Å². The highest BCUT2D eigenvalue weighted by Crippen LogP contribution is 2.31. The molecule has 0 aliphatic heterocycles. The maximum Gasteiger partial charge on any atom is 0.267 e. The van der Waals surface area contributed by atoms with E-state index in [4.69, 9.17) is 0 Å². The number of nitrogens with zero attached hydrogens (tertiary/aromatic N) is 2. The van der Waals surface area contributed by atoms with Crippen LogP contribution in [0.4, 0.5) is 8.78 Å². The average molecular weight is 264 g/mol. The molecule has 0 radical (unpaired) electrons. The van der Waals surface area contributed by atoms with Crippen LogP contribution in [0.2, 0.25) is 0 Å². The third kappa shape index (κ3) is 2.70. The minimum Gasteiger partial charge on any atom is -0.298 e. The third-order valence-corrected chi connectivity index (χ3v) is 2.82. The molecule has 100 valence electrons. The number of hydrogen-bond donors (Lipinski definition) is 0. The number of aromatic nitrogens is 2. The molecule has 0 saturated heterocycles. The van der Waals surface area contributed by atoms with Crippen LogP contribution in [0.15, 0.2) is 30.5 Å². The molecule has 19 heavy (non-hydrogen) atoms. The first kappa shape index (κ1) is 13.4. The van der Waals surface area contributed by atoms with Crippen LogP contribution in [0.3, 0.4) is 0 Å². The Morgan fingerprint density at radius 3 is 2.63 bits per heavy atom. The fraction of sp³-hybridized carbons (Fsp3) is 0.286. The Kier molecular flexibility index (Phi) is 3.74. The topological polar surface area (TPSA) is 34.9 Å². The van der Waals surface area contributed by atoms with Crippen LogP contribution in [0.5, 0.6) is 0 Å². The molecule has 3 nitrogen and oxygen atoms in total. The quantitative estimate of drug-likeness (QED) is 0.785. The monoisotopic (exact) mass is 264 g/mol. The van der Waals surface area contributed by atoms with E-state index in [0.29, 0.717) is 17.4 Å². The van der Waals surface area contributed by atoms with Gasteiger partial charge in [0.15, 0.2) is 0 Å². The van der Waals surface area contributed by atoms with Gasteiger partial charge in [0.05, 0.1) is 5.56 Å². The normalized spacial score (nSPS) is 11.3. The van der Waals surface area contributed by atoms with E-state index in [0.717, 1.165) is 0 Å². The first-order valence-corrected chi connectivity index (χ1v) is 5.95. The van der Waals surface area contributed by atoms with Gasteiger partial charge in [0, 0.05) is 23.4 Å². The summed E-state index contributed by atoms with van der Waals surface area (Å²) in [5.74, 6) is 0. The van der Waals surface area contributed by atoms with Crippen molar-refractivity contribution in [3.8, 4) is 11.3 Å². The molecule has 2 aromatic rings. The highest BCUT2D eigenvalue weighted by atomic mass is 19.3. The molecule has 0 saturated carbocycles. The summed E-state index contributed by atoms with van der Waals surface area (Å²) in [5, 5.41) is 4.20. The Labute approximate surface area is 109 Å². The fourth-order valence-corrected chi connectivity index (χ4v) is 1.81. The van der Waals surface area contributed by atoms with E-state index in [9.17, 15) is 13.6 Å². The Hall–Kier alpha value is -2.04. The summed E-state index contributed by atoms with van der Waals surface area (Å²) >= 11 is 0. The van der Waals surface area contributed by atoms with Crippen molar-refractivity contribution in [3.05, 3.63) is 41.6 Å². The Morgan fingerprint density at radius 1 is 1.32 bits per heavy atom. The standard InChI is InChI=1S/C14H14F2N2O/c1-9(2)18-7-12(14(15)16)13(17-18)11-5-3-4-10(6-11)8-19/h3-9,14H,1-2H3. The maximum atomic E-state index is 13.0. The third-order valence-electron chi connectivity index (χ3n) is 2.82. The molecular formula is C14H14F2N2O. The maximum absolute atomic E-state index is 13.0. The van der Waals surface area contributed by atoms with Crippen molar-refractivity contribution in [1.82, 2.24) is 9.78 Å². The molecule has 2 rings (SSSR count). The summed E-state index contributed by atoms with van der Waals surface area (Å²) in [5.41, 5.74) is 1.08. The summed E-state index contributed by atoms with van der Waals surface area (Å²) < 4.78 is 27.6. The first-order valence-electron chi connectivity index (χ1n) is 5.95. The number of hydrogen-bond acceptors (Lipinski definition) is 2. The van der Waals surface area contributed by atoms with Gasteiger partial charge < -0.3 is 0 Å². The summed E-state index contributed by atoms with van der Waals surface area (Å²) in [6, 6.07) is 6.51. The summed E-state index contributed by atoms with van der Waals surface area (Å²) in [6.07, 6.45) is -0.550. The number of alkyl halides is 2. The van der Waals surface area contributed by atoms with Gasteiger partial charge in [0.25, 0.3) is 6.43 Å². The predicted octanol–water partition coefficient (Wildman–Crippen LogP) is 3.88. The molecule has 1 heterocycles. The number of carbonyl (C=O) groups excluding carboxylic acids is 1. The van der Waals surface area contributed by atoms with Crippen molar-refractivity contribution in [2.45, 2.75) is 26.3 Å². The van der Waals surface area contributed by atoms with Crippen LogP contribution in [0.25, 0.3) is 11.3 Å². The van der Waals surface area contributed by atoms with Crippen LogP contribution in [0, 0.1) is 0 Å². The van der Waals surface area contributed by atoms with Crippen LogP contribution >= 0.6 is 0 Å². The van der Waals surface area contributed by atoms with E-state index in [1.54, 1.807) is 24.3 Å². The predicted molar refractivity (Wildman–Crippen MR) is 68.4 cm³/mol. The highest BCUT2D eigenvalue weighted by Gasteiger charge is 2.20. The lowest BCUT2D eigenvalue weighted by atomic mass is 10.1. The minimum atomic E-state index is -2.60. The lowest BCUT2D eigenvalue weighted by molar-refractivity contribution is 0.112. The molecule has 0 atom stereocenters. The second kappa shape index (κ2) is 5.30. The summed E-state index contributed by atoms with van der Waals surface area (Å²) in [6.45, 7) is 3.74. The Balaban J connectivity index is 2.56. The SMILES string of the molecule is CC(C)n1cc(C(F)F)c(-c2cccc(C=O)c2)n1. The molecule has 0 unspecified atom stereocenters. The van der Waals surface area contributed by atoms with E-state index in [2.05, 4.69) is 5.10 Å². The van der Waals surface area contributed by atoms with Gasteiger partial charge in [-0.15, -0.1) is 0 Å². The molecule has 1 aromatic carbocycles. The van der Waals surface area contributed by atoms with Crippen molar-refractivity contribution in [1.29, 1.82) is 0 Å². The van der Waals surface area contributed by atoms with Crippen molar-refractivity contribution >= 4 is 6.29 Å². The number of benzene rings is 1. The molecule has 1 aromatic heterocycles. The fourth-order valence-electron chi connectivity index (χ4n) is 1.81. The molecular weight excluding hydrogens is 250 g/mol. The molecule has 0 aliphatic rings. The zero-order valence-electron chi connectivity index (χ0n) is 10.7. The van der Waals surface area contributed by atoms with E-state index >= 15 is 0 Å². The van der Waals surface area contributed by atoms with Gasteiger partial charge in [-0.3, -0.25) is 9.48 Å². The van der Waals surface area contributed by atoms with Crippen LogP contribution in [0.1, 0.15) is 42.2 Å². The Bertz CT molecular complexity index is 591. The molecule has 0 aliphatic carbocycles. The van der Waals surface area contributed by atoms with Crippen LogP contribution in [-0.4, -0.2) is 16.1 Å². The molecule has 0 bridgehead atoms. The summed E-state index contributed by atoms with van der Waals surface area (Å²) in [7, 11) is 0. The number of carbonyl (C=O) groups is 1.